The van der Waals surface area contributed by atoms with Crippen LogP contribution in [-0.2, 0) is 0 Å². The average Bonchev–Trinajstić information content (AvgIpc) is 2.68. The van der Waals surface area contributed by atoms with E-state index in [0.717, 1.165) is 20.1 Å². The van der Waals surface area contributed by atoms with Crippen molar-refractivity contribution in [2.24, 2.45) is 0 Å². The van der Waals surface area contributed by atoms with Crippen molar-refractivity contribution in [3.8, 4) is 11.1 Å². The summed E-state index contributed by atoms with van der Waals surface area (Å²) in [7, 11) is 0. The molecule has 0 aliphatic carbocycles. The van der Waals surface area contributed by atoms with E-state index in [1.165, 1.54) is 0 Å². The second-order valence-electron chi connectivity index (χ2n) is 6.48. The molecule has 0 unspecified atom stereocenters. The third-order valence-electron chi connectivity index (χ3n) is 4.50. The van der Waals surface area contributed by atoms with Gasteiger partial charge in [-0.15, -0.1) is 0 Å². The topological polar surface area (TPSA) is 59.3 Å². The number of benzene rings is 3. The second kappa shape index (κ2) is 7.59. The fourth-order valence-electron chi connectivity index (χ4n) is 3.13. The smallest absolute Gasteiger partial charge is 0.344 e. The molecule has 1 aromatic heterocycles. The summed E-state index contributed by atoms with van der Waals surface area (Å²) in [5, 5.41) is 3.77. The minimum atomic E-state index is -0.377. The van der Waals surface area contributed by atoms with Crippen LogP contribution in [0.1, 0.15) is 15.9 Å². The van der Waals surface area contributed by atoms with E-state index < -0.39 is 0 Å². The van der Waals surface area contributed by atoms with Gasteiger partial charge in [0, 0.05) is 20.2 Å². The molecule has 3 aromatic carbocycles. The Morgan fingerprint density at radius 3 is 2.54 bits per heavy atom. The van der Waals surface area contributed by atoms with Crippen LogP contribution in [0.15, 0.2) is 82.0 Å². The molecule has 0 radical (unpaired) electrons. The molecule has 5 heteroatoms. The minimum Gasteiger partial charge on any atom is -0.422 e. The van der Waals surface area contributed by atoms with Gasteiger partial charge in [-0.2, -0.15) is 0 Å². The first-order chi connectivity index (χ1) is 13.5. The first kappa shape index (κ1) is 18.4. The van der Waals surface area contributed by atoms with E-state index in [2.05, 4.69) is 27.9 Å². The zero-order chi connectivity index (χ0) is 19.7. The summed E-state index contributed by atoms with van der Waals surface area (Å²) >= 11 is 2.18. The number of anilines is 1. The Kier molecular flexibility index (Phi) is 5.00. The number of halogens is 1. The maximum absolute atomic E-state index is 12.5. The molecule has 0 bridgehead atoms. The van der Waals surface area contributed by atoms with Gasteiger partial charge in [-0.25, -0.2) is 4.79 Å². The lowest BCUT2D eigenvalue weighted by molar-refractivity contribution is 0.102. The van der Waals surface area contributed by atoms with E-state index in [1.807, 2.05) is 61.5 Å². The van der Waals surface area contributed by atoms with Crippen LogP contribution in [0.2, 0.25) is 0 Å². The maximum Gasteiger partial charge on any atom is 0.344 e. The third kappa shape index (κ3) is 3.71. The van der Waals surface area contributed by atoms with Crippen molar-refractivity contribution in [3.05, 3.63) is 97.9 Å². The molecule has 0 spiro atoms. The lowest BCUT2D eigenvalue weighted by Gasteiger charge is -2.10. The molecule has 4 aromatic rings. The lowest BCUT2D eigenvalue weighted by Crippen LogP contribution is -2.12. The molecule has 0 fully saturated rings. The highest BCUT2D eigenvalue weighted by atomic mass is 127. The van der Waals surface area contributed by atoms with Crippen LogP contribution in [0.25, 0.3) is 22.1 Å². The van der Waals surface area contributed by atoms with Gasteiger partial charge in [0.2, 0.25) is 0 Å². The highest BCUT2D eigenvalue weighted by Crippen LogP contribution is 2.26. The monoisotopic (exact) mass is 481 g/mol. The van der Waals surface area contributed by atoms with Gasteiger partial charge in [0.25, 0.3) is 5.91 Å². The van der Waals surface area contributed by atoms with Crippen molar-refractivity contribution in [2.45, 2.75) is 6.92 Å². The van der Waals surface area contributed by atoms with E-state index in [0.29, 0.717) is 22.4 Å². The standard InChI is InChI=1S/C23H16INO3/c1-14-11-18(25-22(26)16-6-4-7-17(24)12-16)9-10-19(14)20-13-15-5-2-3-8-21(15)28-23(20)27/h2-13H,1H3,(H,25,26). The van der Waals surface area contributed by atoms with Crippen molar-refractivity contribution in [2.75, 3.05) is 5.32 Å². The average molecular weight is 481 g/mol. The van der Waals surface area contributed by atoms with Gasteiger partial charge in [-0.1, -0.05) is 30.3 Å². The van der Waals surface area contributed by atoms with E-state index in [-0.39, 0.29) is 11.5 Å². The number of aryl methyl sites for hydroxylation is 1. The number of fused-ring (bicyclic) bond motifs is 1. The van der Waals surface area contributed by atoms with E-state index in [1.54, 1.807) is 18.2 Å². The van der Waals surface area contributed by atoms with Crippen molar-refractivity contribution < 1.29 is 9.21 Å². The molecule has 1 amide bonds. The molecule has 0 atom stereocenters. The van der Waals surface area contributed by atoms with Crippen LogP contribution in [0.4, 0.5) is 5.69 Å². The molecule has 138 valence electrons. The van der Waals surface area contributed by atoms with Crippen LogP contribution >= 0.6 is 22.6 Å². The van der Waals surface area contributed by atoms with Crippen LogP contribution in [0.3, 0.4) is 0 Å². The predicted molar refractivity (Wildman–Crippen MR) is 120 cm³/mol. The number of para-hydroxylation sites is 1. The summed E-state index contributed by atoms with van der Waals surface area (Å²) in [4.78, 5) is 24.9. The molecule has 1 N–H and O–H groups in total. The number of rotatable bonds is 3. The quantitative estimate of drug-likeness (QED) is 0.305. The number of nitrogens with one attached hydrogen (secondary N) is 1. The lowest BCUT2D eigenvalue weighted by atomic mass is 10.0. The largest absolute Gasteiger partial charge is 0.422 e. The number of amides is 1. The summed E-state index contributed by atoms with van der Waals surface area (Å²) in [6.07, 6.45) is 0. The van der Waals surface area contributed by atoms with Crippen LogP contribution < -0.4 is 10.9 Å². The SMILES string of the molecule is Cc1cc(NC(=O)c2cccc(I)c2)ccc1-c1cc2ccccc2oc1=O. The fraction of sp³-hybridized carbons (Fsp3) is 0.0435. The normalized spacial score (nSPS) is 10.8. The maximum atomic E-state index is 12.5. The number of carbonyl (C=O) groups is 1. The Balaban J connectivity index is 1.66. The number of hydrogen-bond donors (Lipinski definition) is 1. The summed E-state index contributed by atoms with van der Waals surface area (Å²) in [6, 6.07) is 22.1. The van der Waals surface area contributed by atoms with Gasteiger partial charge in [-0.05, 0) is 83.1 Å². The van der Waals surface area contributed by atoms with E-state index >= 15 is 0 Å². The predicted octanol–water partition coefficient (Wildman–Crippen LogP) is 5.63. The highest BCUT2D eigenvalue weighted by Gasteiger charge is 2.12. The Hall–Kier alpha value is -2.93. The van der Waals surface area contributed by atoms with Gasteiger partial charge < -0.3 is 9.73 Å². The molecule has 0 aliphatic rings. The molecular weight excluding hydrogens is 465 g/mol. The van der Waals surface area contributed by atoms with Gasteiger partial charge in [0.05, 0.1) is 5.56 Å². The summed E-state index contributed by atoms with van der Waals surface area (Å²) in [6.45, 7) is 1.91. The molecule has 4 rings (SSSR count). The molecule has 4 nitrogen and oxygen atoms in total. The van der Waals surface area contributed by atoms with Crippen molar-refractivity contribution in [1.29, 1.82) is 0 Å². The summed E-state index contributed by atoms with van der Waals surface area (Å²) < 4.78 is 6.44. The Morgan fingerprint density at radius 2 is 1.75 bits per heavy atom. The summed E-state index contributed by atoms with van der Waals surface area (Å²) in [5.74, 6) is -0.170. The zero-order valence-corrected chi connectivity index (χ0v) is 17.2. The molecule has 0 saturated heterocycles. The second-order valence-corrected chi connectivity index (χ2v) is 7.73. The van der Waals surface area contributed by atoms with Crippen LogP contribution in [0.5, 0.6) is 0 Å². The van der Waals surface area contributed by atoms with E-state index in [9.17, 15) is 9.59 Å². The van der Waals surface area contributed by atoms with Gasteiger partial charge in [0.15, 0.2) is 0 Å². The van der Waals surface area contributed by atoms with Crippen molar-refractivity contribution >= 4 is 45.2 Å². The Labute approximate surface area is 175 Å². The molecule has 0 saturated carbocycles. The number of hydrogen-bond acceptors (Lipinski definition) is 3. The van der Waals surface area contributed by atoms with Crippen LogP contribution in [-0.4, -0.2) is 5.91 Å². The van der Waals surface area contributed by atoms with E-state index in [4.69, 9.17) is 4.42 Å². The Bertz CT molecular complexity index is 1260. The van der Waals surface area contributed by atoms with Gasteiger partial charge >= 0.3 is 5.63 Å². The fourth-order valence-corrected chi connectivity index (χ4v) is 3.67. The minimum absolute atomic E-state index is 0.170. The highest BCUT2D eigenvalue weighted by molar-refractivity contribution is 14.1. The van der Waals surface area contributed by atoms with Crippen molar-refractivity contribution in [3.63, 3.8) is 0 Å². The Morgan fingerprint density at radius 1 is 0.929 bits per heavy atom. The first-order valence-corrected chi connectivity index (χ1v) is 9.80. The van der Waals surface area contributed by atoms with Crippen LogP contribution in [0, 0.1) is 10.5 Å². The van der Waals surface area contributed by atoms with Gasteiger partial charge in [-0.3, -0.25) is 4.79 Å². The molecular formula is C23H16INO3. The first-order valence-electron chi connectivity index (χ1n) is 8.72. The third-order valence-corrected chi connectivity index (χ3v) is 5.17. The van der Waals surface area contributed by atoms with Gasteiger partial charge in [0.1, 0.15) is 5.58 Å². The molecule has 0 aliphatic heterocycles. The molecule has 28 heavy (non-hydrogen) atoms. The number of carbonyl (C=O) groups excluding carboxylic acids is 1. The zero-order valence-electron chi connectivity index (χ0n) is 15.0. The summed E-state index contributed by atoms with van der Waals surface area (Å²) in [5.41, 5.74) is 3.63. The van der Waals surface area contributed by atoms with Crippen molar-refractivity contribution in [1.82, 2.24) is 0 Å². The molecule has 1 heterocycles.